The lowest BCUT2D eigenvalue weighted by molar-refractivity contribution is -0.113. The molecular formula is C25H26N4OS2. The summed E-state index contributed by atoms with van der Waals surface area (Å²) >= 11 is 3.10. The molecule has 0 saturated heterocycles. The van der Waals surface area contributed by atoms with Gasteiger partial charge in [0.15, 0.2) is 5.16 Å². The average molecular weight is 463 g/mol. The van der Waals surface area contributed by atoms with Crippen molar-refractivity contribution in [1.29, 1.82) is 0 Å². The molecule has 0 radical (unpaired) electrons. The van der Waals surface area contributed by atoms with Gasteiger partial charge in [-0.15, -0.1) is 21.5 Å². The molecule has 4 rings (SSSR count). The highest BCUT2D eigenvalue weighted by molar-refractivity contribution is 7.99. The van der Waals surface area contributed by atoms with Crippen LogP contribution in [0, 0.1) is 0 Å². The summed E-state index contributed by atoms with van der Waals surface area (Å²) in [5.41, 5.74) is 3.09. The number of anilines is 1. The Labute approximate surface area is 196 Å². The van der Waals surface area contributed by atoms with E-state index < -0.39 is 0 Å². The molecule has 0 spiro atoms. The van der Waals surface area contributed by atoms with Crippen molar-refractivity contribution in [3.8, 4) is 5.69 Å². The lowest BCUT2D eigenvalue weighted by atomic mass is 9.99. The van der Waals surface area contributed by atoms with Gasteiger partial charge in [0.25, 0.3) is 0 Å². The number of thioether (sulfide) groups is 1. The zero-order valence-corrected chi connectivity index (χ0v) is 19.8. The van der Waals surface area contributed by atoms with E-state index in [1.807, 2.05) is 53.1 Å². The topological polar surface area (TPSA) is 59.8 Å². The van der Waals surface area contributed by atoms with Gasteiger partial charge in [0, 0.05) is 22.7 Å². The van der Waals surface area contributed by atoms with Crippen LogP contribution < -0.4 is 5.32 Å². The molecule has 0 bridgehead atoms. The Hall–Kier alpha value is -2.90. The minimum Gasteiger partial charge on any atom is -0.325 e. The van der Waals surface area contributed by atoms with Gasteiger partial charge in [0.05, 0.1) is 5.75 Å². The van der Waals surface area contributed by atoms with Gasteiger partial charge >= 0.3 is 0 Å². The van der Waals surface area contributed by atoms with Crippen molar-refractivity contribution in [2.45, 2.75) is 37.8 Å². The Kier molecular flexibility index (Phi) is 7.39. The summed E-state index contributed by atoms with van der Waals surface area (Å²) in [5.74, 6) is 1.58. The molecule has 2 aromatic heterocycles. The number of hydrogen-bond donors (Lipinski definition) is 1. The smallest absolute Gasteiger partial charge is 0.234 e. The molecule has 0 aliphatic heterocycles. The third-order valence-corrected chi connectivity index (χ3v) is 7.14. The Morgan fingerprint density at radius 3 is 2.53 bits per heavy atom. The van der Waals surface area contributed by atoms with Gasteiger partial charge < -0.3 is 5.32 Å². The number of hydrogen-bond acceptors (Lipinski definition) is 5. The maximum atomic E-state index is 12.6. The summed E-state index contributed by atoms with van der Waals surface area (Å²) < 4.78 is 2.04. The molecule has 4 aromatic rings. The maximum absolute atomic E-state index is 12.6. The fourth-order valence-electron chi connectivity index (χ4n) is 3.37. The quantitative estimate of drug-likeness (QED) is 0.303. The van der Waals surface area contributed by atoms with Crippen molar-refractivity contribution in [1.82, 2.24) is 14.8 Å². The molecule has 1 N–H and O–H groups in total. The third-order valence-electron chi connectivity index (χ3n) is 5.34. The van der Waals surface area contributed by atoms with Crippen LogP contribution in [0.5, 0.6) is 0 Å². The Bertz CT molecular complexity index is 1140. The average Bonchev–Trinajstić information content (AvgIpc) is 3.48. The van der Waals surface area contributed by atoms with E-state index in [4.69, 9.17) is 0 Å². The van der Waals surface area contributed by atoms with E-state index in [0.717, 1.165) is 23.6 Å². The largest absolute Gasteiger partial charge is 0.325 e. The Morgan fingerprint density at radius 2 is 1.84 bits per heavy atom. The molecule has 0 saturated carbocycles. The van der Waals surface area contributed by atoms with Crippen molar-refractivity contribution in [3.05, 3.63) is 88.4 Å². The first-order chi connectivity index (χ1) is 15.6. The van der Waals surface area contributed by atoms with Crippen LogP contribution >= 0.6 is 23.1 Å². The number of benzene rings is 2. The first kappa shape index (κ1) is 22.3. The second-order valence-electron chi connectivity index (χ2n) is 7.59. The van der Waals surface area contributed by atoms with Crippen molar-refractivity contribution in [2.24, 2.45) is 0 Å². The lowest BCUT2D eigenvalue weighted by Gasteiger charge is -2.11. The minimum absolute atomic E-state index is 0.0614. The van der Waals surface area contributed by atoms with E-state index in [2.05, 4.69) is 52.9 Å². The van der Waals surface area contributed by atoms with Crippen LogP contribution in [0.25, 0.3) is 5.69 Å². The normalized spacial score (nSPS) is 11.9. The number of carbonyl (C=O) groups excluding carboxylic acids is 1. The molecule has 164 valence electrons. The number of thiophene rings is 1. The fourth-order valence-corrected chi connectivity index (χ4v) is 4.84. The van der Waals surface area contributed by atoms with Gasteiger partial charge in [-0.05, 0) is 53.6 Å². The predicted octanol–water partition coefficient (Wildman–Crippen LogP) is 6.16. The van der Waals surface area contributed by atoms with Gasteiger partial charge in [-0.3, -0.25) is 9.36 Å². The molecule has 7 heteroatoms. The van der Waals surface area contributed by atoms with Crippen LogP contribution in [-0.2, 0) is 11.2 Å². The van der Waals surface area contributed by atoms with Gasteiger partial charge in [0.1, 0.15) is 5.82 Å². The first-order valence-corrected chi connectivity index (χ1v) is 12.5. The second kappa shape index (κ2) is 10.6. The molecule has 1 atom stereocenters. The van der Waals surface area contributed by atoms with Crippen molar-refractivity contribution < 1.29 is 4.79 Å². The van der Waals surface area contributed by atoms with Gasteiger partial charge in [-0.2, -0.15) is 0 Å². The van der Waals surface area contributed by atoms with Crippen LogP contribution in [0.2, 0.25) is 0 Å². The van der Waals surface area contributed by atoms with Crippen molar-refractivity contribution in [2.75, 3.05) is 11.1 Å². The molecule has 32 heavy (non-hydrogen) atoms. The molecule has 1 amide bonds. The highest BCUT2D eigenvalue weighted by Crippen LogP contribution is 2.25. The summed E-state index contributed by atoms with van der Waals surface area (Å²) in [7, 11) is 0. The van der Waals surface area contributed by atoms with Crippen LogP contribution in [0.4, 0.5) is 5.69 Å². The summed E-state index contributed by atoms with van der Waals surface area (Å²) in [5, 5.41) is 14.6. The van der Waals surface area contributed by atoms with Gasteiger partial charge in [0.2, 0.25) is 5.91 Å². The Balaban J connectivity index is 1.45. The van der Waals surface area contributed by atoms with Crippen LogP contribution in [0.15, 0.2) is 77.3 Å². The highest BCUT2D eigenvalue weighted by atomic mass is 32.2. The standard InChI is InChI=1S/C25H26N4OS2/c1-3-18(2)19-11-13-20(14-12-19)26-24(30)17-32-25-28-27-23(16-22-10-7-15-31-22)29(25)21-8-5-4-6-9-21/h4-15,18H,3,16-17H2,1-2H3,(H,26,30)/t18-/m0/s1. The molecule has 0 aliphatic rings. The number of rotatable bonds is 9. The SMILES string of the molecule is CC[C@H](C)c1ccc(NC(=O)CSc2nnc(Cc3cccs3)n2-c2ccccc2)cc1. The number of carbonyl (C=O) groups is 1. The van der Waals surface area contributed by atoms with E-state index in [1.54, 1.807) is 11.3 Å². The minimum atomic E-state index is -0.0614. The van der Waals surface area contributed by atoms with Crippen molar-refractivity contribution in [3.63, 3.8) is 0 Å². The van der Waals surface area contributed by atoms with Crippen LogP contribution in [-0.4, -0.2) is 26.4 Å². The number of para-hydroxylation sites is 1. The zero-order valence-electron chi connectivity index (χ0n) is 18.2. The lowest BCUT2D eigenvalue weighted by Crippen LogP contribution is -2.14. The monoisotopic (exact) mass is 462 g/mol. The molecule has 2 heterocycles. The third kappa shape index (κ3) is 5.47. The van der Waals surface area contributed by atoms with E-state index in [9.17, 15) is 4.79 Å². The first-order valence-electron chi connectivity index (χ1n) is 10.7. The number of nitrogens with zero attached hydrogens (tertiary/aromatic N) is 3. The number of aromatic nitrogens is 3. The van der Waals surface area contributed by atoms with E-state index >= 15 is 0 Å². The predicted molar refractivity (Wildman–Crippen MR) is 133 cm³/mol. The maximum Gasteiger partial charge on any atom is 0.234 e. The molecular weight excluding hydrogens is 436 g/mol. The van der Waals surface area contributed by atoms with Gasteiger partial charge in [-0.1, -0.05) is 62.0 Å². The number of amides is 1. The Morgan fingerprint density at radius 1 is 1.06 bits per heavy atom. The number of nitrogens with one attached hydrogen (secondary N) is 1. The summed E-state index contributed by atoms with van der Waals surface area (Å²) in [6.45, 7) is 4.39. The summed E-state index contributed by atoms with van der Waals surface area (Å²) in [6.07, 6.45) is 1.80. The van der Waals surface area contributed by atoms with Gasteiger partial charge in [-0.25, -0.2) is 0 Å². The molecule has 2 aromatic carbocycles. The van der Waals surface area contributed by atoms with E-state index in [1.165, 1.54) is 22.2 Å². The zero-order chi connectivity index (χ0) is 22.3. The summed E-state index contributed by atoms with van der Waals surface area (Å²) in [6, 6.07) is 22.3. The fraction of sp³-hybridized carbons (Fsp3) is 0.240. The van der Waals surface area contributed by atoms with Crippen LogP contribution in [0.1, 0.15) is 42.5 Å². The van der Waals surface area contributed by atoms with Crippen molar-refractivity contribution >= 4 is 34.7 Å². The highest BCUT2D eigenvalue weighted by Gasteiger charge is 2.16. The molecule has 5 nitrogen and oxygen atoms in total. The molecule has 0 unspecified atom stereocenters. The second-order valence-corrected chi connectivity index (χ2v) is 9.57. The molecule has 0 aliphatic carbocycles. The van der Waals surface area contributed by atoms with E-state index in [-0.39, 0.29) is 11.7 Å². The summed E-state index contributed by atoms with van der Waals surface area (Å²) in [4.78, 5) is 13.8. The van der Waals surface area contributed by atoms with E-state index in [0.29, 0.717) is 17.5 Å². The van der Waals surface area contributed by atoms with Crippen LogP contribution in [0.3, 0.4) is 0 Å². The molecule has 0 fully saturated rings.